The van der Waals surface area contributed by atoms with Crippen molar-refractivity contribution in [2.24, 2.45) is 5.73 Å². The minimum Gasteiger partial charge on any atom is -0.480 e. The molecule has 0 aromatic carbocycles. The van der Waals surface area contributed by atoms with Gasteiger partial charge >= 0.3 is 5.97 Å². The summed E-state index contributed by atoms with van der Waals surface area (Å²) in [5, 5.41) is 10.9. The minimum atomic E-state index is -1.12. The molecule has 0 radical (unpaired) electrons. The zero-order valence-corrected chi connectivity index (χ0v) is 23.0. The van der Waals surface area contributed by atoms with Crippen molar-refractivity contribution in [2.45, 2.75) is 0 Å². The number of amides is 1. The summed E-state index contributed by atoms with van der Waals surface area (Å²) in [7, 11) is 0. The van der Waals surface area contributed by atoms with E-state index < -0.39 is 18.5 Å². The summed E-state index contributed by atoms with van der Waals surface area (Å²) in [5.74, 6) is -1.52. The maximum Gasteiger partial charge on any atom is 0.329 e. The molecule has 0 saturated heterocycles. The van der Waals surface area contributed by atoms with E-state index >= 15 is 0 Å². The highest BCUT2D eigenvalue weighted by Crippen LogP contribution is 1.86. The van der Waals surface area contributed by atoms with Crippen LogP contribution in [0.25, 0.3) is 0 Å². The SMILES string of the molecule is NCCOCCOCCOCCOCCOCCOCCOCCOCCOCCNC(=O)COCC(=O)O. The van der Waals surface area contributed by atoms with Crippen molar-refractivity contribution >= 4 is 11.9 Å². The van der Waals surface area contributed by atoms with E-state index in [1.807, 2.05) is 0 Å². The predicted molar refractivity (Wildman–Crippen MR) is 138 cm³/mol. The first-order valence-electron chi connectivity index (χ1n) is 13.1. The Morgan fingerprint density at radius 2 is 0.769 bits per heavy atom. The van der Waals surface area contributed by atoms with Gasteiger partial charge in [0.05, 0.1) is 119 Å². The van der Waals surface area contributed by atoms with Crippen LogP contribution < -0.4 is 11.1 Å². The first-order valence-corrected chi connectivity index (χ1v) is 13.1. The van der Waals surface area contributed by atoms with Crippen LogP contribution in [-0.4, -0.2) is 162 Å². The third kappa shape index (κ3) is 34.5. The van der Waals surface area contributed by atoms with Gasteiger partial charge in [-0.15, -0.1) is 0 Å². The number of carbonyl (C=O) groups excluding carboxylic acids is 1. The van der Waals surface area contributed by atoms with E-state index in [2.05, 4.69) is 10.1 Å². The molecule has 0 fully saturated rings. The van der Waals surface area contributed by atoms with Crippen LogP contribution in [0.4, 0.5) is 0 Å². The van der Waals surface area contributed by atoms with E-state index in [1.165, 1.54) is 0 Å². The quantitative estimate of drug-likeness (QED) is 0.0757. The normalized spacial score (nSPS) is 11.2. The van der Waals surface area contributed by atoms with Gasteiger partial charge in [-0.1, -0.05) is 0 Å². The summed E-state index contributed by atoms with van der Waals surface area (Å²) >= 11 is 0. The Labute approximate surface area is 230 Å². The van der Waals surface area contributed by atoms with E-state index in [9.17, 15) is 9.59 Å². The van der Waals surface area contributed by atoms with E-state index in [1.54, 1.807) is 0 Å². The van der Waals surface area contributed by atoms with Crippen molar-refractivity contribution in [1.82, 2.24) is 5.32 Å². The van der Waals surface area contributed by atoms with Crippen molar-refractivity contribution in [2.75, 3.05) is 145 Å². The molecule has 0 saturated carbocycles. The molecule has 0 atom stereocenters. The maximum atomic E-state index is 11.3. The van der Waals surface area contributed by atoms with Gasteiger partial charge in [-0.25, -0.2) is 4.79 Å². The van der Waals surface area contributed by atoms with E-state index in [0.717, 1.165) is 0 Å². The van der Waals surface area contributed by atoms with Crippen LogP contribution in [0.15, 0.2) is 0 Å². The molecule has 0 spiro atoms. The van der Waals surface area contributed by atoms with Crippen molar-refractivity contribution in [1.29, 1.82) is 0 Å². The van der Waals surface area contributed by atoms with Crippen molar-refractivity contribution in [3.8, 4) is 0 Å². The lowest BCUT2D eigenvalue weighted by Crippen LogP contribution is -2.31. The Morgan fingerprint density at radius 3 is 1.08 bits per heavy atom. The Morgan fingerprint density at radius 1 is 0.462 bits per heavy atom. The van der Waals surface area contributed by atoms with Crippen LogP contribution in [0.1, 0.15) is 0 Å². The van der Waals surface area contributed by atoms with Crippen LogP contribution >= 0.6 is 0 Å². The fraction of sp³-hybridized carbons (Fsp3) is 0.917. The summed E-state index contributed by atoms with van der Waals surface area (Å²) in [6.07, 6.45) is 0. The average Bonchev–Trinajstić information content (AvgIpc) is 2.92. The molecule has 0 aliphatic carbocycles. The summed E-state index contributed by atoms with van der Waals surface area (Å²) in [6.45, 7) is 8.56. The van der Waals surface area contributed by atoms with Crippen LogP contribution in [0, 0.1) is 0 Å². The van der Waals surface area contributed by atoms with Gasteiger partial charge in [0.15, 0.2) is 0 Å². The predicted octanol–water partition coefficient (Wildman–Crippen LogP) is -1.69. The Balaban J connectivity index is 3.08. The number of aliphatic carboxylic acids is 1. The summed E-state index contributed by atoms with van der Waals surface area (Å²) < 4.78 is 52.9. The van der Waals surface area contributed by atoms with Gasteiger partial charge in [0, 0.05) is 13.1 Å². The molecule has 0 aromatic rings. The van der Waals surface area contributed by atoms with Gasteiger partial charge in [-0.05, 0) is 0 Å². The molecule has 0 bridgehead atoms. The second-order valence-corrected chi connectivity index (χ2v) is 7.54. The summed E-state index contributed by atoms with van der Waals surface area (Å²) in [4.78, 5) is 21.6. The molecule has 1 amide bonds. The third-order valence-electron chi connectivity index (χ3n) is 4.27. The lowest BCUT2D eigenvalue weighted by atomic mass is 10.6. The van der Waals surface area contributed by atoms with Gasteiger partial charge in [0.25, 0.3) is 0 Å². The molecule has 15 nitrogen and oxygen atoms in total. The number of rotatable bonds is 33. The zero-order chi connectivity index (χ0) is 28.5. The van der Waals surface area contributed by atoms with Crippen molar-refractivity contribution < 1.29 is 62.1 Å². The zero-order valence-electron chi connectivity index (χ0n) is 23.0. The molecule has 0 rings (SSSR count). The molecule has 232 valence electrons. The lowest BCUT2D eigenvalue weighted by Gasteiger charge is -2.09. The monoisotopic (exact) mass is 572 g/mol. The highest BCUT2D eigenvalue weighted by Gasteiger charge is 2.03. The Hall–Kier alpha value is -1.50. The number of nitrogens with two attached hydrogens (primary N) is 1. The fourth-order valence-corrected chi connectivity index (χ4v) is 2.49. The maximum absolute atomic E-state index is 11.3. The van der Waals surface area contributed by atoms with Crippen LogP contribution in [0.3, 0.4) is 0 Å². The number of hydrogen-bond acceptors (Lipinski definition) is 13. The summed E-state index contributed by atoms with van der Waals surface area (Å²) in [6, 6.07) is 0. The van der Waals surface area contributed by atoms with Crippen LogP contribution in [0.2, 0.25) is 0 Å². The fourth-order valence-electron chi connectivity index (χ4n) is 2.49. The van der Waals surface area contributed by atoms with Gasteiger partial charge in [0.2, 0.25) is 5.91 Å². The number of carboxylic acid groups (broad SMARTS) is 1. The highest BCUT2D eigenvalue weighted by molar-refractivity contribution is 5.77. The van der Waals surface area contributed by atoms with E-state index in [4.69, 9.17) is 53.5 Å². The molecule has 15 heteroatoms. The standard InChI is InChI=1S/C24H48N2O13/c25-1-3-30-5-7-32-9-11-34-13-15-36-17-19-38-20-18-37-16-14-35-12-10-33-8-6-31-4-2-26-23(27)21-39-22-24(28)29/h1-22,25H2,(H,26,27)(H,28,29). The average molecular weight is 573 g/mol. The number of ether oxygens (including phenoxy) is 10. The van der Waals surface area contributed by atoms with Gasteiger partial charge in [-0.3, -0.25) is 4.79 Å². The Kier molecular flexibility index (Phi) is 31.5. The third-order valence-corrected chi connectivity index (χ3v) is 4.27. The molecule has 0 aliphatic rings. The first-order chi connectivity index (χ1) is 19.2. The Bertz CT molecular complexity index is 532. The molecule has 39 heavy (non-hydrogen) atoms. The van der Waals surface area contributed by atoms with Gasteiger partial charge in [-0.2, -0.15) is 0 Å². The molecule has 0 heterocycles. The lowest BCUT2D eigenvalue weighted by molar-refractivity contribution is -0.143. The second-order valence-electron chi connectivity index (χ2n) is 7.54. The second kappa shape index (κ2) is 32.7. The molecular weight excluding hydrogens is 524 g/mol. The van der Waals surface area contributed by atoms with Crippen LogP contribution in [0.5, 0.6) is 0 Å². The molecule has 0 unspecified atom stereocenters. The van der Waals surface area contributed by atoms with Crippen molar-refractivity contribution in [3.05, 3.63) is 0 Å². The van der Waals surface area contributed by atoms with Gasteiger partial charge in [0.1, 0.15) is 13.2 Å². The minimum absolute atomic E-state index is 0.299. The molecule has 4 N–H and O–H groups in total. The number of hydrogen-bond donors (Lipinski definition) is 3. The number of carboxylic acids is 1. The molecular formula is C24H48N2O13. The van der Waals surface area contributed by atoms with Crippen LogP contribution in [-0.2, 0) is 57.0 Å². The van der Waals surface area contributed by atoms with E-state index in [-0.39, 0.29) is 6.61 Å². The molecule has 0 aliphatic heterocycles. The smallest absolute Gasteiger partial charge is 0.329 e. The largest absolute Gasteiger partial charge is 0.480 e. The van der Waals surface area contributed by atoms with Gasteiger partial charge < -0.3 is 63.5 Å². The van der Waals surface area contributed by atoms with E-state index in [0.29, 0.717) is 132 Å². The first kappa shape index (κ1) is 37.5. The van der Waals surface area contributed by atoms with Crippen molar-refractivity contribution in [3.63, 3.8) is 0 Å². The topological polar surface area (TPSA) is 185 Å². The number of nitrogens with one attached hydrogen (secondary N) is 1. The molecule has 0 aromatic heterocycles. The highest BCUT2D eigenvalue weighted by atomic mass is 16.6. The summed E-state index contributed by atoms with van der Waals surface area (Å²) in [5.41, 5.74) is 5.31. The number of carbonyl (C=O) groups is 2.